The van der Waals surface area contributed by atoms with Crippen LogP contribution in [-0.2, 0) is 26.1 Å². The molecule has 4 unspecified atom stereocenters. The summed E-state index contributed by atoms with van der Waals surface area (Å²) in [7, 11) is -3.79. The minimum Gasteiger partial charge on any atom is -0.508 e. The molecular formula is C36H33NO6S2. The van der Waals surface area contributed by atoms with E-state index >= 15 is 0 Å². The minimum absolute atomic E-state index is 0.0583. The van der Waals surface area contributed by atoms with Crippen molar-refractivity contribution in [1.29, 1.82) is 0 Å². The number of nitrogens with one attached hydrogen (secondary N) is 1. The van der Waals surface area contributed by atoms with E-state index in [9.17, 15) is 18.6 Å². The summed E-state index contributed by atoms with van der Waals surface area (Å²) in [4.78, 5) is 1.16. The molecule has 45 heavy (non-hydrogen) atoms. The van der Waals surface area contributed by atoms with E-state index in [-0.39, 0.29) is 29.3 Å². The first-order valence-corrected chi connectivity index (χ1v) is 17.0. The van der Waals surface area contributed by atoms with Crippen molar-refractivity contribution in [3.8, 4) is 5.75 Å². The molecule has 0 bridgehead atoms. The van der Waals surface area contributed by atoms with Gasteiger partial charge in [-0.3, -0.25) is 4.72 Å². The lowest BCUT2D eigenvalue weighted by atomic mass is 9.84. The zero-order chi connectivity index (χ0) is 31.2. The number of phenolic OH excluding ortho intramolecular Hbond substituents is 1. The number of aliphatic hydroxyl groups is 1. The molecule has 4 atom stereocenters. The maximum Gasteiger partial charge on any atom is 0.261 e. The number of ether oxygens (including phenoxy) is 2. The monoisotopic (exact) mass is 639 g/mol. The number of phenols is 1. The van der Waals surface area contributed by atoms with Crippen LogP contribution in [0.4, 0.5) is 5.69 Å². The highest BCUT2D eigenvalue weighted by Crippen LogP contribution is 2.48. The molecule has 7 nitrogen and oxygen atoms in total. The van der Waals surface area contributed by atoms with Gasteiger partial charge < -0.3 is 19.7 Å². The summed E-state index contributed by atoms with van der Waals surface area (Å²) in [5.74, 6) is 0.625. The van der Waals surface area contributed by atoms with Crippen molar-refractivity contribution >= 4 is 27.5 Å². The average Bonchev–Trinajstić information content (AvgIpc) is 3.08. The van der Waals surface area contributed by atoms with E-state index < -0.39 is 22.4 Å². The van der Waals surface area contributed by atoms with Crippen molar-refractivity contribution in [2.75, 3.05) is 10.5 Å². The maximum atomic E-state index is 13.1. The van der Waals surface area contributed by atoms with Gasteiger partial charge in [0, 0.05) is 27.8 Å². The Morgan fingerprint density at radius 1 is 0.711 bits per heavy atom. The van der Waals surface area contributed by atoms with E-state index in [2.05, 4.69) is 16.9 Å². The van der Waals surface area contributed by atoms with Crippen LogP contribution in [0.1, 0.15) is 40.6 Å². The molecule has 1 saturated heterocycles. The first-order chi connectivity index (χ1) is 21.9. The van der Waals surface area contributed by atoms with Gasteiger partial charge in [-0.05, 0) is 65.2 Å². The summed E-state index contributed by atoms with van der Waals surface area (Å²) in [6.07, 6.45) is -1.51. The second-order valence-corrected chi connectivity index (χ2v) is 13.5. The van der Waals surface area contributed by atoms with E-state index in [1.165, 1.54) is 0 Å². The summed E-state index contributed by atoms with van der Waals surface area (Å²) in [5, 5.41) is 19.4. The molecule has 0 spiro atoms. The Kier molecular flexibility index (Phi) is 9.53. The van der Waals surface area contributed by atoms with Crippen molar-refractivity contribution in [2.45, 2.75) is 40.8 Å². The number of sulfonamides is 1. The molecule has 1 aliphatic rings. The highest BCUT2D eigenvalue weighted by Gasteiger charge is 2.42. The number of aromatic hydroxyl groups is 1. The zero-order valence-corrected chi connectivity index (χ0v) is 25.9. The Hall–Kier alpha value is -4.12. The van der Waals surface area contributed by atoms with Crippen LogP contribution in [0.2, 0.25) is 0 Å². The first-order valence-electron chi connectivity index (χ1n) is 14.5. The molecule has 0 saturated carbocycles. The van der Waals surface area contributed by atoms with Crippen molar-refractivity contribution in [3.63, 3.8) is 0 Å². The third-order valence-corrected chi connectivity index (χ3v) is 10.2. The maximum absolute atomic E-state index is 13.1. The SMILES string of the molecule is O=S(=O)(Nc1cccc(C2OC(CSc3ccc(O)cc3)C(c3ccccc3)C(c3ccc(CO)cc3)O2)c1)c1ccccc1. The van der Waals surface area contributed by atoms with Crippen molar-refractivity contribution in [2.24, 2.45) is 0 Å². The summed E-state index contributed by atoms with van der Waals surface area (Å²) in [6.45, 7) is -0.0583. The Balaban J connectivity index is 1.35. The van der Waals surface area contributed by atoms with E-state index in [1.807, 2.05) is 60.7 Å². The van der Waals surface area contributed by atoms with E-state index in [0.717, 1.165) is 21.6 Å². The quantitative estimate of drug-likeness (QED) is 0.137. The smallest absolute Gasteiger partial charge is 0.261 e. The fraction of sp³-hybridized carbons (Fsp3) is 0.167. The highest BCUT2D eigenvalue weighted by atomic mass is 32.2. The molecule has 0 aromatic heterocycles. The van der Waals surface area contributed by atoms with E-state index in [0.29, 0.717) is 17.0 Å². The van der Waals surface area contributed by atoms with Crippen LogP contribution in [0.5, 0.6) is 5.75 Å². The molecule has 0 amide bonds. The molecule has 1 aliphatic heterocycles. The molecule has 5 aromatic carbocycles. The standard InChI is InChI=1S/C36H33NO6S2/c38-23-25-14-16-27(17-15-25)35-34(26-8-3-1-4-9-26)33(24-44-31-20-18-30(39)19-21-31)42-36(43-35)28-10-7-11-29(22-28)37-45(40,41)32-12-5-2-6-13-32/h1-22,33-39H,23-24H2. The number of benzene rings is 5. The van der Waals surface area contributed by atoms with Gasteiger partial charge in [0.05, 0.1) is 23.7 Å². The van der Waals surface area contributed by atoms with Crippen LogP contribution in [0, 0.1) is 0 Å². The number of anilines is 1. The fourth-order valence-corrected chi connectivity index (χ4v) is 7.48. The van der Waals surface area contributed by atoms with Gasteiger partial charge in [-0.2, -0.15) is 0 Å². The van der Waals surface area contributed by atoms with Gasteiger partial charge in [0.2, 0.25) is 0 Å². The van der Waals surface area contributed by atoms with Gasteiger partial charge in [0.1, 0.15) is 5.75 Å². The molecule has 6 rings (SSSR count). The topological polar surface area (TPSA) is 105 Å². The van der Waals surface area contributed by atoms with Crippen LogP contribution < -0.4 is 4.72 Å². The number of hydrogen-bond donors (Lipinski definition) is 3. The number of aliphatic hydroxyl groups excluding tert-OH is 1. The van der Waals surface area contributed by atoms with Crippen LogP contribution in [-0.4, -0.2) is 30.5 Å². The van der Waals surface area contributed by atoms with Crippen LogP contribution in [0.25, 0.3) is 0 Å². The van der Waals surface area contributed by atoms with Gasteiger partial charge in [-0.25, -0.2) is 8.42 Å². The zero-order valence-electron chi connectivity index (χ0n) is 24.3. The van der Waals surface area contributed by atoms with Crippen LogP contribution in [0.15, 0.2) is 143 Å². The van der Waals surface area contributed by atoms with Gasteiger partial charge in [0.15, 0.2) is 6.29 Å². The lowest BCUT2D eigenvalue weighted by Crippen LogP contribution is -2.38. The van der Waals surface area contributed by atoms with Crippen molar-refractivity contribution in [1.82, 2.24) is 0 Å². The van der Waals surface area contributed by atoms with E-state index in [1.54, 1.807) is 72.4 Å². The predicted molar refractivity (Wildman–Crippen MR) is 176 cm³/mol. The lowest BCUT2D eigenvalue weighted by Gasteiger charge is -2.43. The molecule has 1 heterocycles. The van der Waals surface area contributed by atoms with Gasteiger partial charge in [-0.15, -0.1) is 11.8 Å². The lowest BCUT2D eigenvalue weighted by molar-refractivity contribution is -0.255. The molecule has 230 valence electrons. The van der Waals surface area contributed by atoms with Crippen molar-refractivity contribution in [3.05, 3.63) is 156 Å². The summed E-state index contributed by atoms with van der Waals surface area (Å²) < 4.78 is 42.3. The molecule has 5 aromatic rings. The average molecular weight is 640 g/mol. The molecule has 3 N–H and O–H groups in total. The third-order valence-electron chi connectivity index (χ3n) is 7.69. The summed E-state index contributed by atoms with van der Waals surface area (Å²) in [6, 6.07) is 40.3. The second kappa shape index (κ2) is 13.9. The number of thioether (sulfide) groups is 1. The predicted octanol–water partition coefficient (Wildman–Crippen LogP) is 7.42. The van der Waals surface area contributed by atoms with Gasteiger partial charge in [-0.1, -0.05) is 84.9 Å². The second-order valence-electron chi connectivity index (χ2n) is 10.7. The normalized spacial score (nSPS) is 20.0. The Bertz CT molecular complexity index is 1800. The first kappa shape index (κ1) is 30.9. The van der Waals surface area contributed by atoms with Gasteiger partial charge >= 0.3 is 0 Å². The minimum atomic E-state index is -3.79. The van der Waals surface area contributed by atoms with Crippen LogP contribution >= 0.6 is 11.8 Å². The summed E-state index contributed by atoms with van der Waals surface area (Å²) in [5.41, 5.74) is 3.87. The third kappa shape index (κ3) is 7.41. The molecule has 0 radical (unpaired) electrons. The summed E-state index contributed by atoms with van der Waals surface area (Å²) >= 11 is 1.63. The highest BCUT2D eigenvalue weighted by molar-refractivity contribution is 7.99. The number of rotatable bonds is 10. The van der Waals surface area contributed by atoms with Gasteiger partial charge in [0.25, 0.3) is 10.0 Å². The Morgan fingerprint density at radius 3 is 2.07 bits per heavy atom. The molecule has 0 aliphatic carbocycles. The van der Waals surface area contributed by atoms with E-state index in [4.69, 9.17) is 9.47 Å². The fourth-order valence-electron chi connectivity index (χ4n) is 5.43. The van der Waals surface area contributed by atoms with Crippen LogP contribution in [0.3, 0.4) is 0 Å². The molecular weight excluding hydrogens is 607 g/mol. The van der Waals surface area contributed by atoms with Crippen molar-refractivity contribution < 1.29 is 28.1 Å². The molecule has 9 heteroatoms. The largest absolute Gasteiger partial charge is 0.508 e. The Morgan fingerprint density at radius 2 is 1.38 bits per heavy atom. The Labute approximate surface area is 267 Å². The number of hydrogen-bond acceptors (Lipinski definition) is 7. The molecule has 1 fully saturated rings.